The molecule has 0 saturated carbocycles. The molecule has 0 spiro atoms. The predicted molar refractivity (Wildman–Crippen MR) is 154 cm³/mol. The zero-order valence-electron chi connectivity index (χ0n) is 22.4. The summed E-state index contributed by atoms with van der Waals surface area (Å²) >= 11 is 1.30. The Morgan fingerprint density at radius 3 is 2.55 bits per heavy atom. The van der Waals surface area contributed by atoms with Gasteiger partial charge in [0.2, 0.25) is 6.79 Å². The van der Waals surface area contributed by atoms with Crippen LogP contribution in [0.2, 0.25) is 0 Å². The monoisotopic (exact) mass is 552 g/mol. The van der Waals surface area contributed by atoms with Crippen LogP contribution in [0.5, 0.6) is 11.5 Å². The summed E-state index contributed by atoms with van der Waals surface area (Å²) in [5, 5.41) is 0. The van der Waals surface area contributed by atoms with Crippen molar-refractivity contribution in [3.63, 3.8) is 0 Å². The van der Waals surface area contributed by atoms with Crippen molar-refractivity contribution in [2.75, 3.05) is 13.4 Å². The summed E-state index contributed by atoms with van der Waals surface area (Å²) in [5.41, 5.74) is 4.16. The van der Waals surface area contributed by atoms with Crippen LogP contribution in [0.15, 0.2) is 88.2 Å². The molecule has 3 heterocycles. The van der Waals surface area contributed by atoms with Gasteiger partial charge in [-0.05, 0) is 47.7 Å². The van der Waals surface area contributed by atoms with Crippen LogP contribution in [-0.4, -0.2) is 23.9 Å². The van der Waals surface area contributed by atoms with Crippen molar-refractivity contribution in [2.45, 2.75) is 32.7 Å². The fraction of sp³-hybridized carbons (Fsp3) is 0.219. The quantitative estimate of drug-likeness (QED) is 0.322. The van der Waals surface area contributed by atoms with Crippen molar-refractivity contribution >= 4 is 29.1 Å². The Labute approximate surface area is 235 Å². The van der Waals surface area contributed by atoms with Crippen molar-refractivity contribution < 1.29 is 19.0 Å². The van der Waals surface area contributed by atoms with E-state index in [1.165, 1.54) is 16.9 Å². The molecule has 6 rings (SSSR count). The molecule has 0 bridgehead atoms. The van der Waals surface area contributed by atoms with Crippen molar-refractivity contribution in [3.05, 3.63) is 120 Å². The van der Waals surface area contributed by atoms with Crippen LogP contribution < -0.4 is 24.4 Å². The third-order valence-electron chi connectivity index (χ3n) is 6.99. The molecule has 2 aliphatic rings. The van der Waals surface area contributed by atoms with Crippen molar-refractivity contribution in [2.24, 2.45) is 4.99 Å². The number of hydrogen-bond donors (Lipinski definition) is 0. The second-order valence-corrected chi connectivity index (χ2v) is 10.9. The number of esters is 1. The number of rotatable bonds is 6. The van der Waals surface area contributed by atoms with Gasteiger partial charge in [-0.3, -0.25) is 9.36 Å². The molecule has 0 fully saturated rings. The largest absolute Gasteiger partial charge is 0.463 e. The molecule has 7 nitrogen and oxygen atoms in total. The Hall–Kier alpha value is -4.43. The summed E-state index contributed by atoms with van der Waals surface area (Å²) in [6, 6.07) is 22.4. The number of hydrogen-bond acceptors (Lipinski definition) is 7. The molecule has 0 amide bonds. The van der Waals surface area contributed by atoms with Gasteiger partial charge >= 0.3 is 5.97 Å². The summed E-state index contributed by atoms with van der Waals surface area (Å²) in [6.45, 7) is 6.36. The molecule has 4 aromatic rings. The number of carbonyl (C=O) groups is 1. The van der Waals surface area contributed by atoms with Crippen LogP contribution in [0.3, 0.4) is 0 Å². The number of nitrogens with zero attached hydrogens (tertiary/aromatic N) is 2. The number of carbonyl (C=O) groups excluding carboxylic acids is 1. The molecule has 3 aromatic carbocycles. The molecule has 8 heteroatoms. The van der Waals surface area contributed by atoms with Crippen LogP contribution in [0.25, 0.3) is 11.8 Å². The molecule has 40 heavy (non-hydrogen) atoms. The Morgan fingerprint density at radius 2 is 1.82 bits per heavy atom. The van der Waals surface area contributed by atoms with Crippen molar-refractivity contribution in [1.82, 2.24) is 4.57 Å². The second-order valence-electron chi connectivity index (χ2n) is 9.87. The van der Waals surface area contributed by atoms with Crippen LogP contribution in [0.4, 0.5) is 0 Å². The van der Waals surface area contributed by atoms with Crippen molar-refractivity contribution in [3.8, 4) is 11.5 Å². The van der Waals surface area contributed by atoms with Crippen molar-refractivity contribution in [1.29, 1.82) is 0 Å². The molecule has 0 saturated heterocycles. The van der Waals surface area contributed by atoms with E-state index in [9.17, 15) is 9.59 Å². The van der Waals surface area contributed by atoms with Gasteiger partial charge in [-0.15, -0.1) is 0 Å². The summed E-state index contributed by atoms with van der Waals surface area (Å²) in [6.07, 6.45) is 1.88. The minimum atomic E-state index is -0.773. The third kappa shape index (κ3) is 4.64. The highest BCUT2D eigenvalue weighted by molar-refractivity contribution is 7.07. The Morgan fingerprint density at radius 1 is 1.07 bits per heavy atom. The zero-order valence-corrected chi connectivity index (χ0v) is 23.2. The molecule has 0 N–H and O–H groups in total. The Balaban J connectivity index is 1.61. The fourth-order valence-corrected chi connectivity index (χ4v) is 5.97. The summed E-state index contributed by atoms with van der Waals surface area (Å²) in [7, 11) is 0. The van der Waals surface area contributed by atoms with Crippen LogP contribution in [-0.2, 0) is 9.53 Å². The molecule has 1 aromatic heterocycles. The van der Waals surface area contributed by atoms with E-state index in [4.69, 9.17) is 19.2 Å². The Bertz CT molecular complexity index is 1800. The number of benzene rings is 3. The maximum Gasteiger partial charge on any atom is 0.338 e. The van der Waals surface area contributed by atoms with Gasteiger partial charge in [0.05, 0.1) is 28.5 Å². The van der Waals surface area contributed by atoms with E-state index < -0.39 is 12.0 Å². The molecule has 1 unspecified atom stereocenters. The maximum absolute atomic E-state index is 14.0. The predicted octanol–water partition coefficient (Wildman–Crippen LogP) is 4.79. The first kappa shape index (κ1) is 25.8. The van der Waals surface area contributed by atoms with E-state index in [1.807, 2.05) is 60.7 Å². The lowest BCUT2D eigenvalue weighted by atomic mass is 9.93. The van der Waals surface area contributed by atoms with E-state index in [0.717, 1.165) is 11.1 Å². The number of fused-ring (bicyclic) bond motifs is 2. The summed E-state index contributed by atoms with van der Waals surface area (Å²) in [4.78, 5) is 33.0. The lowest BCUT2D eigenvalue weighted by Crippen LogP contribution is -2.40. The second kappa shape index (κ2) is 10.6. The van der Waals surface area contributed by atoms with Gasteiger partial charge in [0.1, 0.15) is 0 Å². The minimum Gasteiger partial charge on any atom is -0.463 e. The average Bonchev–Trinajstić information content (AvgIpc) is 3.56. The molecule has 0 aliphatic carbocycles. The van der Waals surface area contributed by atoms with E-state index in [0.29, 0.717) is 43.6 Å². The zero-order chi connectivity index (χ0) is 27.8. The SMILES string of the molecule is CCOC(=O)C1=C(c2ccccc2)N=c2s/c(=C\c3ccc(C(C)C)cc3)c(=O)n2C1c1ccc2c(c1)OCO2. The third-order valence-corrected chi connectivity index (χ3v) is 7.97. The fourth-order valence-electron chi connectivity index (χ4n) is 4.97. The molecule has 2 aliphatic heterocycles. The van der Waals surface area contributed by atoms with E-state index in [1.54, 1.807) is 17.6 Å². The van der Waals surface area contributed by atoms with Gasteiger partial charge in [0.25, 0.3) is 5.56 Å². The molecule has 0 radical (unpaired) electrons. The summed E-state index contributed by atoms with van der Waals surface area (Å²) in [5.74, 6) is 1.07. The highest BCUT2D eigenvalue weighted by Crippen LogP contribution is 2.40. The van der Waals surface area contributed by atoms with Crippen LogP contribution in [0.1, 0.15) is 55.0 Å². The molecular formula is C32H28N2O5S. The highest BCUT2D eigenvalue weighted by atomic mass is 32.1. The average molecular weight is 553 g/mol. The first-order valence-corrected chi connectivity index (χ1v) is 14.0. The lowest BCUT2D eigenvalue weighted by Gasteiger charge is -2.26. The first-order chi connectivity index (χ1) is 19.4. The molecule has 1 atom stereocenters. The number of aromatic nitrogens is 1. The maximum atomic E-state index is 14.0. The molecular weight excluding hydrogens is 524 g/mol. The van der Waals surface area contributed by atoms with Gasteiger partial charge in [-0.2, -0.15) is 0 Å². The van der Waals surface area contributed by atoms with Gasteiger partial charge in [-0.1, -0.05) is 85.8 Å². The smallest absolute Gasteiger partial charge is 0.338 e. The Kier molecular flexibility index (Phi) is 6.86. The van der Waals surface area contributed by atoms with E-state index in [2.05, 4.69) is 26.0 Å². The highest BCUT2D eigenvalue weighted by Gasteiger charge is 2.36. The normalized spacial score (nSPS) is 16.2. The van der Waals surface area contributed by atoms with Gasteiger partial charge in [0, 0.05) is 5.56 Å². The topological polar surface area (TPSA) is 79.1 Å². The number of thiazole rings is 1. The standard InChI is InChI=1S/C32H28N2O5S/c1-4-37-31(36)27-28(22-8-6-5-7-9-22)33-32-34(29(27)23-14-15-24-25(17-23)39-18-38-24)30(35)26(40-32)16-20-10-12-21(13-11-20)19(2)3/h5-17,19,29H,4,18H2,1-3H3/b26-16-. The van der Waals surface area contributed by atoms with Gasteiger partial charge in [-0.25, -0.2) is 9.79 Å². The van der Waals surface area contributed by atoms with Crippen LogP contribution in [0, 0.1) is 0 Å². The number of ether oxygens (including phenoxy) is 3. The van der Waals surface area contributed by atoms with Gasteiger partial charge < -0.3 is 14.2 Å². The van der Waals surface area contributed by atoms with E-state index in [-0.39, 0.29) is 19.0 Å². The lowest BCUT2D eigenvalue weighted by molar-refractivity contribution is -0.138. The molecule has 202 valence electrons. The summed E-state index contributed by atoms with van der Waals surface area (Å²) < 4.78 is 18.8. The van der Waals surface area contributed by atoms with E-state index >= 15 is 0 Å². The van der Waals surface area contributed by atoms with Crippen LogP contribution >= 0.6 is 11.3 Å². The van der Waals surface area contributed by atoms with Gasteiger partial charge in [0.15, 0.2) is 16.3 Å². The minimum absolute atomic E-state index is 0.118. The first-order valence-electron chi connectivity index (χ1n) is 13.2.